The van der Waals surface area contributed by atoms with E-state index in [0.717, 1.165) is 43.8 Å². The standard InChI is InChI=1S/C48H30O/c1-2-12-31(13-3-1)35-28-29-44-43(30-35)48-42(22-11-23-45(48)49-44)47-40-19-8-6-17-38(40)46(39-18-7-9-20-41(39)47)34-26-24-33(25-27-34)37-21-10-15-32-14-4-5-16-36(32)37/h1-30H/i1D,2D,3D,11D,12D,13D,22D,23D,28D,29D,30D. The van der Waals surface area contributed by atoms with Crippen LogP contribution in [0.1, 0.15) is 15.1 Å². The van der Waals surface area contributed by atoms with E-state index in [1.54, 1.807) is 0 Å². The van der Waals surface area contributed by atoms with Crippen LogP contribution in [0.25, 0.3) is 98.8 Å². The predicted octanol–water partition coefficient (Wildman–Crippen LogP) is 13.7. The largest absolute Gasteiger partial charge is 0.456 e. The van der Waals surface area contributed by atoms with E-state index in [4.69, 9.17) is 16.8 Å². The van der Waals surface area contributed by atoms with Crippen molar-refractivity contribution in [1.82, 2.24) is 0 Å². The number of hydrogen-bond donors (Lipinski definition) is 0. The van der Waals surface area contributed by atoms with Crippen LogP contribution in [0.15, 0.2) is 186 Å². The van der Waals surface area contributed by atoms with E-state index in [1.807, 2.05) is 60.7 Å². The Labute approximate surface area is 299 Å². The lowest BCUT2D eigenvalue weighted by atomic mass is 9.84. The first-order valence-electron chi connectivity index (χ1n) is 21.5. The molecule has 0 aliphatic heterocycles. The summed E-state index contributed by atoms with van der Waals surface area (Å²) in [5.41, 5.74) is 3.58. The Balaban J connectivity index is 1.30. The monoisotopic (exact) mass is 633 g/mol. The van der Waals surface area contributed by atoms with Gasteiger partial charge in [0.15, 0.2) is 0 Å². The summed E-state index contributed by atoms with van der Waals surface area (Å²) >= 11 is 0. The van der Waals surface area contributed by atoms with Gasteiger partial charge in [-0.1, -0.05) is 164 Å². The maximum Gasteiger partial charge on any atom is 0.136 e. The number of furan rings is 1. The summed E-state index contributed by atoms with van der Waals surface area (Å²) in [6, 6.07) is 32.4. The summed E-state index contributed by atoms with van der Waals surface area (Å²) in [6.07, 6.45) is 0. The Morgan fingerprint density at radius 2 is 1.00 bits per heavy atom. The fourth-order valence-corrected chi connectivity index (χ4v) is 7.14. The summed E-state index contributed by atoms with van der Waals surface area (Å²) in [7, 11) is 0. The topological polar surface area (TPSA) is 13.1 Å². The smallest absolute Gasteiger partial charge is 0.136 e. The molecule has 0 saturated carbocycles. The van der Waals surface area contributed by atoms with Crippen molar-refractivity contribution in [3.63, 3.8) is 0 Å². The van der Waals surface area contributed by atoms with Gasteiger partial charge in [0.1, 0.15) is 11.2 Å². The second-order valence-corrected chi connectivity index (χ2v) is 12.0. The molecule has 10 aromatic rings. The van der Waals surface area contributed by atoms with Crippen molar-refractivity contribution < 1.29 is 19.5 Å². The maximum atomic E-state index is 9.58. The van der Waals surface area contributed by atoms with Gasteiger partial charge in [-0.05, 0) is 95.0 Å². The van der Waals surface area contributed by atoms with E-state index in [0.29, 0.717) is 16.3 Å². The lowest BCUT2D eigenvalue weighted by Gasteiger charge is -2.18. The van der Waals surface area contributed by atoms with Gasteiger partial charge in [-0.2, -0.15) is 0 Å². The molecule has 1 nitrogen and oxygen atoms in total. The highest BCUT2D eigenvalue weighted by Gasteiger charge is 2.20. The van der Waals surface area contributed by atoms with Gasteiger partial charge < -0.3 is 4.42 Å². The average molecular weight is 634 g/mol. The van der Waals surface area contributed by atoms with Gasteiger partial charge in [0.05, 0.1) is 15.1 Å². The van der Waals surface area contributed by atoms with Gasteiger partial charge in [-0.3, -0.25) is 0 Å². The Hall–Kier alpha value is -6.44. The van der Waals surface area contributed by atoms with Gasteiger partial charge in [0.25, 0.3) is 0 Å². The minimum Gasteiger partial charge on any atom is -0.456 e. The van der Waals surface area contributed by atoms with Crippen molar-refractivity contribution in [2.75, 3.05) is 0 Å². The number of rotatable bonds is 4. The lowest BCUT2D eigenvalue weighted by Crippen LogP contribution is -1.91. The molecule has 0 saturated heterocycles. The molecule has 0 fully saturated rings. The summed E-state index contributed by atoms with van der Waals surface area (Å²) in [5, 5.41) is 5.43. The second-order valence-electron chi connectivity index (χ2n) is 12.0. The first-order valence-corrected chi connectivity index (χ1v) is 16.0. The minimum absolute atomic E-state index is 0.0638. The highest BCUT2D eigenvalue weighted by atomic mass is 16.3. The van der Waals surface area contributed by atoms with Crippen molar-refractivity contribution in [3.8, 4) is 44.5 Å². The van der Waals surface area contributed by atoms with Crippen LogP contribution in [-0.4, -0.2) is 0 Å². The third kappa shape index (κ3) is 4.40. The van der Waals surface area contributed by atoms with Gasteiger partial charge >= 0.3 is 0 Å². The lowest BCUT2D eigenvalue weighted by molar-refractivity contribution is 0.669. The number of hydrogen-bond acceptors (Lipinski definition) is 1. The van der Waals surface area contributed by atoms with Crippen LogP contribution < -0.4 is 0 Å². The van der Waals surface area contributed by atoms with Gasteiger partial charge in [0.2, 0.25) is 0 Å². The Morgan fingerprint density at radius 1 is 0.367 bits per heavy atom. The molecule has 0 spiro atoms. The van der Waals surface area contributed by atoms with E-state index in [1.165, 1.54) is 0 Å². The molecule has 1 heterocycles. The fraction of sp³-hybridized carbons (Fsp3) is 0. The SMILES string of the molecule is [2H]c1c([2H])c([2H])c(-c2c([2H])c([2H])c3oc4c([2H])c([2H])c([2H])c(-c5c6ccccc6c(-c6ccc(-c7cccc8ccccc78)cc6)c6ccccc56)c4c3c2[2H])c([2H])c1[2H]. The van der Waals surface area contributed by atoms with E-state index < -0.39 is 66.0 Å². The van der Waals surface area contributed by atoms with Crippen LogP contribution in [0.2, 0.25) is 0 Å². The molecule has 0 bridgehead atoms. The molecule has 0 aliphatic rings. The molecular formula is C48H30O. The first kappa shape index (κ1) is 18.8. The predicted molar refractivity (Wildman–Crippen MR) is 208 cm³/mol. The highest BCUT2D eigenvalue weighted by molar-refractivity contribution is 6.25. The summed E-state index contributed by atoms with van der Waals surface area (Å²) in [5.74, 6) is 0. The highest BCUT2D eigenvalue weighted by Crippen LogP contribution is 2.47. The van der Waals surface area contributed by atoms with Crippen LogP contribution in [0, 0.1) is 0 Å². The van der Waals surface area contributed by atoms with Gasteiger partial charge in [-0.25, -0.2) is 0 Å². The van der Waals surface area contributed by atoms with Crippen LogP contribution in [0.3, 0.4) is 0 Å². The zero-order chi connectivity index (χ0) is 41.9. The fourth-order valence-electron chi connectivity index (χ4n) is 7.14. The molecule has 1 heteroatoms. The molecule has 0 N–H and O–H groups in total. The number of benzene rings is 9. The molecule has 0 aliphatic carbocycles. The minimum atomic E-state index is -0.656. The molecule has 0 amide bonds. The molecule has 9 aromatic carbocycles. The van der Waals surface area contributed by atoms with Crippen molar-refractivity contribution in [1.29, 1.82) is 0 Å². The van der Waals surface area contributed by atoms with Crippen molar-refractivity contribution in [2.45, 2.75) is 0 Å². The summed E-state index contributed by atoms with van der Waals surface area (Å²) < 4.78 is 103. The Bertz CT molecular complexity index is 3410. The normalized spacial score (nSPS) is 14.8. The second kappa shape index (κ2) is 11.1. The molecule has 49 heavy (non-hydrogen) atoms. The van der Waals surface area contributed by atoms with Crippen molar-refractivity contribution in [3.05, 3.63) is 182 Å². The van der Waals surface area contributed by atoms with Crippen molar-refractivity contribution >= 4 is 54.3 Å². The third-order valence-corrected chi connectivity index (χ3v) is 9.28. The van der Waals surface area contributed by atoms with E-state index in [-0.39, 0.29) is 39.1 Å². The van der Waals surface area contributed by atoms with Gasteiger partial charge in [0, 0.05) is 10.8 Å². The van der Waals surface area contributed by atoms with Crippen LogP contribution in [-0.2, 0) is 0 Å². The van der Waals surface area contributed by atoms with Crippen LogP contribution in [0.5, 0.6) is 0 Å². The molecule has 1 aromatic heterocycles. The number of fused-ring (bicyclic) bond motifs is 6. The maximum absolute atomic E-state index is 9.58. The molecule has 0 radical (unpaired) electrons. The molecule has 228 valence electrons. The quantitative estimate of drug-likeness (QED) is 0.176. The Morgan fingerprint density at radius 3 is 1.73 bits per heavy atom. The van der Waals surface area contributed by atoms with Crippen molar-refractivity contribution in [2.24, 2.45) is 0 Å². The van der Waals surface area contributed by atoms with Gasteiger partial charge in [-0.15, -0.1) is 0 Å². The zero-order valence-electron chi connectivity index (χ0n) is 36.9. The third-order valence-electron chi connectivity index (χ3n) is 9.28. The first-order chi connectivity index (χ1) is 28.9. The van der Waals surface area contributed by atoms with Crippen LogP contribution in [0.4, 0.5) is 0 Å². The Kier molecular flexibility index (Phi) is 4.25. The van der Waals surface area contributed by atoms with Crippen LogP contribution >= 0.6 is 0 Å². The molecular weight excluding hydrogens is 593 g/mol. The van der Waals surface area contributed by atoms with E-state index in [2.05, 4.69) is 54.6 Å². The molecule has 10 rings (SSSR count). The zero-order valence-corrected chi connectivity index (χ0v) is 25.9. The average Bonchev–Trinajstić information content (AvgIpc) is 3.68. The summed E-state index contributed by atoms with van der Waals surface area (Å²) in [6.45, 7) is 0. The molecule has 0 unspecified atom stereocenters. The van der Waals surface area contributed by atoms with E-state index >= 15 is 0 Å². The van der Waals surface area contributed by atoms with E-state index in [9.17, 15) is 2.74 Å². The summed E-state index contributed by atoms with van der Waals surface area (Å²) in [4.78, 5) is 0. The molecule has 0 atom stereocenters.